The molecule has 1 aliphatic heterocycles. The number of rotatable bonds is 10. The third kappa shape index (κ3) is 6.56. The van der Waals surface area contributed by atoms with Gasteiger partial charge in [0, 0.05) is 12.0 Å². The standard InChI is InChI=1S/C30H32O9/c1-35-26-13-18(4-8-23(26)31)6-11-29(34)38-17-22-21(12-19-5-9-24(32)27(14-19)36-2)16-39-30(22)20-7-10-25(33)28(15-20)37-3/h4-11,13-15,21-22,30-33H,12,16-17H2,1-3H3/t21-,22-,30+/m1/s1. The Morgan fingerprint density at radius 2 is 1.49 bits per heavy atom. The Labute approximate surface area is 226 Å². The largest absolute Gasteiger partial charge is 0.504 e. The van der Waals surface area contributed by atoms with Crippen LogP contribution in [0.1, 0.15) is 22.8 Å². The summed E-state index contributed by atoms with van der Waals surface area (Å²) in [5, 5.41) is 29.8. The molecule has 3 atom stereocenters. The lowest BCUT2D eigenvalue weighted by atomic mass is 9.84. The monoisotopic (exact) mass is 536 g/mol. The fourth-order valence-electron chi connectivity index (χ4n) is 4.71. The summed E-state index contributed by atoms with van der Waals surface area (Å²) in [5.74, 6) is 0.346. The molecule has 0 spiro atoms. The molecule has 1 heterocycles. The van der Waals surface area contributed by atoms with Crippen LogP contribution in [0.3, 0.4) is 0 Å². The highest BCUT2D eigenvalue weighted by atomic mass is 16.5. The van der Waals surface area contributed by atoms with E-state index in [0.717, 1.165) is 11.1 Å². The van der Waals surface area contributed by atoms with Crippen molar-refractivity contribution in [3.05, 3.63) is 77.4 Å². The highest BCUT2D eigenvalue weighted by Crippen LogP contribution is 2.43. The lowest BCUT2D eigenvalue weighted by molar-refractivity contribution is -0.139. The molecule has 206 valence electrons. The van der Waals surface area contributed by atoms with E-state index in [9.17, 15) is 20.1 Å². The zero-order chi connectivity index (χ0) is 27.9. The van der Waals surface area contributed by atoms with Crippen molar-refractivity contribution in [3.63, 3.8) is 0 Å². The van der Waals surface area contributed by atoms with Crippen LogP contribution in [0.2, 0.25) is 0 Å². The van der Waals surface area contributed by atoms with Gasteiger partial charge in [0.1, 0.15) is 0 Å². The second kappa shape index (κ2) is 12.4. The van der Waals surface area contributed by atoms with Gasteiger partial charge in [-0.05, 0) is 71.5 Å². The number of hydrogen-bond donors (Lipinski definition) is 3. The number of ether oxygens (including phenoxy) is 5. The van der Waals surface area contributed by atoms with E-state index in [0.29, 0.717) is 35.8 Å². The maximum atomic E-state index is 12.6. The minimum absolute atomic E-state index is 0.00709. The molecule has 3 N–H and O–H groups in total. The van der Waals surface area contributed by atoms with Crippen LogP contribution in [0.5, 0.6) is 34.5 Å². The van der Waals surface area contributed by atoms with Crippen molar-refractivity contribution in [2.75, 3.05) is 34.5 Å². The molecule has 0 aromatic heterocycles. The molecule has 0 amide bonds. The molecule has 0 radical (unpaired) electrons. The fourth-order valence-corrected chi connectivity index (χ4v) is 4.71. The van der Waals surface area contributed by atoms with Gasteiger partial charge in [0.25, 0.3) is 0 Å². The first-order valence-corrected chi connectivity index (χ1v) is 12.4. The van der Waals surface area contributed by atoms with E-state index in [1.165, 1.54) is 33.5 Å². The Morgan fingerprint density at radius 3 is 2.18 bits per heavy atom. The normalized spacial score (nSPS) is 18.7. The zero-order valence-corrected chi connectivity index (χ0v) is 22.0. The number of phenols is 3. The molecule has 9 heteroatoms. The third-order valence-electron chi connectivity index (χ3n) is 6.79. The highest BCUT2D eigenvalue weighted by molar-refractivity contribution is 5.87. The van der Waals surface area contributed by atoms with Crippen LogP contribution in [0.25, 0.3) is 6.08 Å². The van der Waals surface area contributed by atoms with Crippen LogP contribution in [-0.4, -0.2) is 55.8 Å². The van der Waals surface area contributed by atoms with E-state index >= 15 is 0 Å². The Hall–Kier alpha value is -4.37. The molecule has 3 aromatic rings. The molecular formula is C30H32O9. The van der Waals surface area contributed by atoms with Gasteiger partial charge in [-0.15, -0.1) is 0 Å². The van der Waals surface area contributed by atoms with Crippen molar-refractivity contribution in [1.29, 1.82) is 0 Å². The van der Waals surface area contributed by atoms with Crippen molar-refractivity contribution < 1.29 is 43.8 Å². The Kier molecular flexibility index (Phi) is 8.83. The maximum absolute atomic E-state index is 12.6. The number of carbonyl (C=O) groups excluding carboxylic acids is 1. The Morgan fingerprint density at radius 1 is 0.872 bits per heavy atom. The molecule has 9 nitrogen and oxygen atoms in total. The summed E-state index contributed by atoms with van der Waals surface area (Å²) in [6, 6.07) is 15.0. The van der Waals surface area contributed by atoms with E-state index in [-0.39, 0.29) is 35.7 Å². The summed E-state index contributed by atoms with van der Waals surface area (Å²) >= 11 is 0. The first-order valence-electron chi connectivity index (χ1n) is 12.4. The van der Waals surface area contributed by atoms with E-state index in [2.05, 4.69) is 0 Å². The van der Waals surface area contributed by atoms with Gasteiger partial charge in [-0.3, -0.25) is 0 Å². The van der Waals surface area contributed by atoms with Gasteiger partial charge in [-0.2, -0.15) is 0 Å². The van der Waals surface area contributed by atoms with Crippen LogP contribution in [0.15, 0.2) is 60.7 Å². The van der Waals surface area contributed by atoms with Crippen molar-refractivity contribution in [2.24, 2.45) is 11.8 Å². The summed E-state index contributed by atoms with van der Waals surface area (Å²) in [7, 11) is 4.42. The van der Waals surface area contributed by atoms with Crippen molar-refractivity contribution in [1.82, 2.24) is 0 Å². The highest BCUT2D eigenvalue weighted by Gasteiger charge is 2.39. The summed E-state index contributed by atoms with van der Waals surface area (Å²) in [6.45, 7) is 0.512. The Balaban J connectivity index is 1.52. The molecule has 0 saturated carbocycles. The molecule has 4 rings (SSSR count). The number of methoxy groups -OCH3 is 3. The average Bonchev–Trinajstić information content (AvgIpc) is 3.34. The number of phenolic OH excluding ortho intramolecular Hbond substituents is 3. The van der Waals surface area contributed by atoms with Crippen LogP contribution in [-0.2, 0) is 20.7 Å². The van der Waals surface area contributed by atoms with Gasteiger partial charge < -0.3 is 39.0 Å². The van der Waals surface area contributed by atoms with Gasteiger partial charge in [0.05, 0.1) is 40.6 Å². The molecule has 0 aliphatic carbocycles. The van der Waals surface area contributed by atoms with Crippen LogP contribution >= 0.6 is 0 Å². The molecule has 0 bridgehead atoms. The smallest absolute Gasteiger partial charge is 0.330 e. The topological polar surface area (TPSA) is 124 Å². The van der Waals surface area contributed by atoms with Crippen molar-refractivity contribution >= 4 is 12.0 Å². The molecule has 3 aromatic carbocycles. The predicted molar refractivity (Wildman–Crippen MR) is 143 cm³/mol. The van der Waals surface area contributed by atoms with E-state index in [4.69, 9.17) is 23.7 Å². The fraction of sp³-hybridized carbons (Fsp3) is 0.300. The van der Waals surface area contributed by atoms with Gasteiger partial charge in [0.2, 0.25) is 0 Å². The number of aromatic hydroxyl groups is 3. The SMILES string of the molecule is COc1cc(C=CC(=O)OC[C@@H]2[C@H](Cc3ccc(O)c(OC)c3)CO[C@H]2c2ccc(O)c(OC)c2)ccc1O. The average molecular weight is 537 g/mol. The number of esters is 1. The van der Waals surface area contributed by atoms with E-state index in [1.54, 1.807) is 48.5 Å². The first kappa shape index (κ1) is 27.7. The minimum Gasteiger partial charge on any atom is -0.504 e. The van der Waals surface area contributed by atoms with Gasteiger partial charge in [-0.25, -0.2) is 4.79 Å². The van der Waals surface area contributed by atoms with E-state index < -0.39 is 12.1 Å². The summed E-state index contributed by atoms with van der Waals surface area (Å²) in [5.41, 5.74) is 2.40. The molecule has 39 heavy (non-hydrogen) atoms. The van der Waals surface area contributed by atoms with Crippen LogP contribution in [0, 0.1) is 11.8 Å². The minimum atomic E-state index is -0.527. The molecule has 0 unspecified atom stereocenters. The van der Waals surface area contributed by atoms with Gasteiger partial charge in [0.15, 0.2) is 34.5 Å². The number of carbonyl (C=O) groups is 1. The zero-order valence-electron chi connectivity index (χ0n) is 22.0. The second-order valence-corrected chi connectivity index (χ2v) is 9.21. The lowest BCUT2D eigenvalue weighted by Crippen LogP contribution is -2.24. The Bertz CT molecular complexity index is 1330. The van der Waals surface area contributed by atoms with Crippen molar-refractivity contribution in [3.8, 4) is 34.5 Å². The quantitative estimate of drug-likeness (QED) is 0.251. The summed E-state index contributed by atoms with van der Waals surface area (Å²) < 4.78 is 27.5. The predicted octanol–water partition coefficient (Wildman–Crippen LogP) is 4.63. The van der Waals surface area contributed by atoms with Gasteiger partial charge in [-0.1, -0.05) is 18.2 Å². The number of benzene rings is 3. The molecular weight excluding hydrogens is 504 g/mol. The summed E-state index contributed by atoms with van der Waals surface area (Å²) in [6.07, 6.45) is 3.10. The maximum Gasteiger partial charge on any atom is 0.330 e. The van der Waals surface area contributed by atoms with Crippen molar-refractivity contribution in [2.45, 2.75) is 12.5 Å². The van der Waals surface area contributed by atoms with Crippen LogP contribution < -0.4 is 14.2 Å². The number of hydrogen-bond acceptors (Lipinski definition) is 9. The van der Waals surface area contributed by atoms with Gasteiger partial charge >= 0.3 is 5.97 Å². The first-order chi connectivity index (χ1) is 18.8. The molecule has 1 saturated heterocycles. The third-order valence-corrected chi connectivity index (χ3v) is 6.79. The van der Waals surface area contributed by atoms with Crippen LogP contribution in [0.4, 0.5) is 0 Å². The lowest BCUT2D eigenvalue weighted by Gasteiger charge is -2.23. The molecule has 1 aliphatic rings. The summed E-state index contributed by atoms with van der Waals surface area (Å²) in [4.78, 5) is 12.6. The second-order valence-electron chi connectivity index (χ2n) is 9.21. The molecule has 1 fully saturated rings. The van der Waals surface area contributed by atoms with E-state index in [1.807, 2.05) is 6.07 Å².